The van der Waals surface area contributed by atoms with Crippen LogP contribution in [0.5, 0.6) is 0 Å². The van der Waals surface area contributed by atoms with Crippen LogP contribution in [0.25, 0.3) is 0 Å². The largest absolute Gasteiger partial charge is 0.303 e. The van der Waals surface area contributed by atoms with Crippen molar-refractivity contribution in [3.05, 3.63) is 30.3 Å². The van der Waals surface area contributed by atoms with E-state index in [2.05, 4.69) is 0 Å². The van der Waals surface area contributed by atoms with E-state index in [4.69, 9.17) is 0 Å². The maximum absolute atomic E-state index is 12.2. The fraction of sp³-hybridized carbons (Fsp3) is 0.417. The third-order valence-corrected chi connectivity index (χ3v) is 5.46. The molecule has 0 aromatic heterocycles. The fourth-order valence-corrected chi connectivity index (χ4v) is 4.30. The van der Waals surface area contributed by atoms with Gasteiger partial charge in [-0.2, -0.15) is 0 Å². The van der Waals surface area contributed by atoms with E-state index in [1.54, 1.807) is 30.3 Å². The molecule has 1 aromatic rings. The lowest BCUT2D eigenvalue weighted by molar-refractivity contribution is -0.110. The van der Waals surface area contributed by atoms with Crippen molar-refractivity contribution in [3.8, 4) is 0 Å². The Balaban J connectivity index is 2.36. The van der Waals surface area contributed by atoms with Gasteiger partial charge in [-0.15, -0.1) is 0 Å². The number of benzene rings is 1. The van der Waals surface area contributed by atoms with Crippen molar-refractivity contribution < 1.29 is 13.2 Å². The van der Waals surface area contributed by atoms with E-state index in [9.17, 15) is 13.2 Å². The number of rotatable bonds is 3. The van der Waals surface area contributed by atoms with Gasteiger partial charge in [0.25, 0.3) is 0 Å². The summed E-state index contributed by atoms with van der Waals surface area (Å²) in [5.74, 6) is -0.329. The molecule has 16 heavy (non-hydrogen) atoms. The molecule has 0 heterocycles. The summed E-state index contributed by atoms with van der Waals surface area (Å²) in [6.45, 7) is 0. The summed E-state index contributed by atoms with van der Waals surface area (Å²) in [5.41, 5.74) is 0. The van der Waals surface area contributed by atoms with Crippen molar-refractivity contribution in [2.75, 3.05) is 0 Å². The van der Waals surface area contributed by atoms with Crippen LogP contribution in [0.3, 0.4) is 0 Å². The van der Waals surface area contributed by atoms with Crippen LogP contribution in [-0.2, 0) is 14.6 Å². The van der Waals surface area contributed by atoms with Gasteiger partial charge >= 0.3 is 0 Å². The highest BCUT2D eigenvalue weighted by Gasteiger charge is 2.37. The molecule has 2 rings (SSSR count). The third kappa shape index (κ3) is 1.89. The van der Waals surface area contributed by atoms with E-state index in [0.29, 0.717) is 17.7 Å². The Morgan fingerprint density at radius 1 is 1.12 bits per heavy atom. The first kappa shape index (κ1) is 11.3. The van der Waals surface area contributed by atoms with Crippen LogP contribution in [-0.4, -0.2) is 20.0 Å². The zero-order valence-electron chi connectivity index (χ0n) is 8.87. The van der Waals surface area contributed by atoms with Crippen LogP contribution in [0.1, 0.15) is 19.3 Å². The van der Waals surface area contributed by atoms with Gasteiger partial charge in [-0.25, -0.2) is 8.42 Å². The normalized spacial score (nSPS) is 25.5. The minimum atomic E-state index is -3.33. The summed E-state index contributed by atoms with van der Waals surface area (Å²) in [6, 6.07) is 8.38. The second-order valence-corrected chi connectivity index (χ2v) is 6.29. The van der Waals surface area contributed by atoms with Crippen LogP contribution < -0.4 is 0 Å². The Morgan fingerprint density at radius 2 is 1.81 bits per heavy atom. The molecule has 4 heteroatoms. The summed E-state index contributed by atoms with van der Waals surface area (Å²) in [4.78, 5) is 11.2. The predicted molar refractivity (Wildman–Crippen MR) is 60.8 cm³/mol. The van der Waals surface area contributed by atoms with E-state index in [-0.39, 0.29) is 5.92 Å². The minimum absolute atomic E-state index is 0.328. The van der Waals surface area contributed by atoms with Gasteiger partial charge in [0.1, 0.15) is 6.29 Å². The van der Waals surface area contributed by atoms with Crippen molar-refractivity contribution in [1.82, 2.24) is 0 Å². The van der Waals surface area contributed by atoms with Crippen molar-refractivity contribution in [2.45, 2.75) is 29.4 Å². The molecule has 86 valence electrons. The molecule has 0 spiro atoms. The zero-order valence-corrected chi connectivity index (χ0v) is 9.69. The van der Waals surface area contributed by atoms with E-state index < -0.39 is 15.1 Å². The summed E-state index contributed by atoms with van der Waals surface area (Å²) in [6.07, 6.45) is 2.90. The maximum atomic E-state index is 12.2. The molecule has 3 nitrogen and oxygen atoms in total. The fourth-order valence-electron chi connectivity index (χ4n) is 2.28. The topological polar surface area (TPSA) is 51.2 Å². The number of hydrogen-bond acceptors (Lipinski definition) is 3. The molecular formula is C12H14O3S. The van der Waals surface area contributed by atoms with Gasteiger partial charge in [0.15, 0.2) is 9.84 Å². The molecule has 2 atom stereocenters. The van der Waals surface area contributed by atoms with Gasteiger partial charge in [-0.3, -0.25) is 0 Å². The number of carbonyl (C=O) groups is 1. The summed E-state index contributed by atoms with van der Waals surface area (Å²) < 4.78 is 24.5. The quantitative estimate of drug-likeness (QED) is 0.755. The molecular weight excluding hydrogens is 224 g/mol. The zero-order chi connectivity index (χ0) is 11.6. The second-order valence-electron chi connectivity index (χ2n) is 4.13. The highest BCUT2D eigenvalue weighted by atomic mass is 32.2. The average Bonchev–Trinajstić information content (AvgIpc) is 2.79. The summed E-state index contributed by atoms with van der Waals surface area (Å²) in [5, 5.41) is -0.521. The Labute approximate surface area is 95.4 Å². The van der Waals surface area contributed by atoms with E-state index in [1.807, 2.05) is 0 Å². The van der Waals surface area contributed by atoms with Crippen molar-refractivity contribution in [3.63, 3.8) is 0 Å². The molecule has 0 amide bonds. The molecule has 0 unspecified atom stereocenters. The Hall–Kier alpha value is -1.16. The van der Waals surface area contributed by atoms with Crippen LogP contribution in [0.15, 0.2) is 35.2 Å². The smallest absolute Gasteiger partial charge is 0.181 e. The Bertz CT molecular complexity index is 464. The van der Waals surface area contributed by atoms with Gasteiger partial charge in [0.05, 0.1) is 10.1 Å². The van der Waals surface area contributed by atoms with Crippen LogP contribution in [0, 0.1) is 5.92 Å². The molecule has 0 bridgehead atoms. The first-order valence-electron chi connectivity index (χ1n) is 5.40. The highest BCUT2D eigenvalue weighted by molar-refractivity contribution is 7.92. The van der Waals surface area contributed by atoms with Crippen LogP contribution in [0.2, 0.25) is 0 Å². The molecule has 0 radical (unpaired) electrons. The number of aldehydes is 1. The third-order valence-electron chi connectivity index (χ3n) is 3.15. The Morgan fingerprint density at radius 3 is 2.44 bits per heavy atom. The average molecular weight is 238 g/mol. The number of sulfone groups is 1. The standard InChI is InChI=1S/C12H14O3S/c13-9-10-5-4-8-12(10)16(14,15)11-6-2-1-3-7-11/h1-3,6-7,9-10,12H,4-5,8H2/t10-,12-/m1/s1. The summed E-state index contributed by atoms with van der Waals surface area (Å²) in [7, 11) is -3.33. The molecule has 1 aliphatic carbocycles. The molecule has 1 aliphatic rings. The van der Waals surface area contributed by atoms with Gasteiger partial charge < -0.3 is 4.79 Å². The molecule has 1 aromatic carbocycles. The van der Waals surface area contributed by atoms with Crippen molar-refractivity contribution >= 4 is 16.1 Å². The molecule has 0 N–H and O–H groups in total. The Kier molecular flexibility index (Phi) is 3.10. The molecule has 1 saturated carbocycles. The lowest BCUT2D eigenvalue weighted by Gasteiger charge is -2.15. The van der Waals surface area contributed by atoms with Crippen LogP contribution in [0.4, 0.5) is 0 Å². The molecule has 0 aliphatic heterocycles. The second kappa shape index (κ2) is 4.37. The first-order chi connectivity index (χ1) is 7.66. The highest BCUT2D eigenvalue weighted by Crippen LogP contribution is 2.33. The molecule has 1 fully saturated rings. The first-order valence-corrected chi connectivity index (χ1v) is 6.95. The van der Waals surface area contributed by atoms with Gasteiger partial charge in [-0.1, -0.05) is 24.6 Å². The SMILES string of the molecule is O=C[C@H]1CCC[C@H]1S(=O)(=O)c1ccccc1. The van der Waals surface area contributed by atoms with E-state index in [0.717, 1.165) is 12.7 Å². The van der Waals surface area contributed by atoms with Gasteiger partial charge in [0, 0.05) is 5.92 Å². The number of carbonyl (C=O) groups excluding carboxylic acids is 1. The predicted octanol–water partition coefficient (Wildman–Crippen LogP) is 1.83. The van der Waals surface area contributed by atoms with Crippen molar-refractivity contribution in [2.24, 2.45) is 5.92 Å². The van der Waals surface area contributed by atoms with Crippen molar-refractivity contribution in [1.29, 1.82) is 0 Å². The van der Waals surface area contributed by atoms with E-state index >= 15 is 0 Å². The maximum Gasteiger partial charge on any atom is 0.181 e. The number of hydrogen-bond donors (Lipinski definition) is 0. The molecule has 0 saturated heterocycles. The minimum Gasteiger partial charge on any atom is -0.303 e. The summed E-state index contributed by atoms with van der Waals surface area (Å²) >= 11 is 0. The van der Waals surface area contributed by atoms with Gasteiger partial charge in [-0.05, 0) is 25.0 Å². The van der Waals surface area contributed by atoms with Crippen LogP contribution >= 0.6 is 0 Å². The lowest BCUT2D eigenvalue weighted by Crippen LogP contribution is -2.26. The van der Waals surface area contributed by atoms with E-state index in [1.165, 1.54) is 0 Å². The monoisotopic (exact) mass is 238 g/mol. The lowest BCUT2D eigenvalue weighted by atomic mass is 10.1. The van der Waals surface area contributed by atoms with Gasteiger partial charge in [0.2, 0.25) is 0 Å².